The van der Waals surface area contributed by atoms with Crippen LogP contribution in [0.15, 0.2) is 30.5 Å². The van der Waals surface area contributed by atoms with E-state index in [4.69, 9.17) is 16.3 Å². The van der Waals surface area contributed by atoms with Crippen LogP contribution < -0.4 is 4.74 Å². The van der Waals surface area contributed by atoms with Gasteiger partial charge in [-0.1, -0.05) is 0 Å². The molecule has 0 saturated carbocycles. The highest BCUT2D eigenvalue weighted by Crippen LogP contribution is 2.29. The Labute approximate surface area is 103 Å². The monoisotopic (exact) mass is 248 g/mol. The summed E-state index contributed by atoms with van der Waals surface area (Å²) in [6, 6.07) is 6.80. The predicted molar refractivity (Wildman–Crippen MR) is 64.4 cm³/mol. The fraction of sp³-hybridized carbons (Fsp3) is 0.0833. The SMILES string of the molecule is COc1ccc(C=O)cc1-c1ccnc(Cl)n1. The van der Waals surface area contributed by atoms with Crippen LogP contribution in [0.4, 0.5) is 0 Å². The van der Waals surface area contributed by atoms with Crippen LogP contribution in [0.5, 0.6) is 5.75 Å². The van der Waals surface area contributed by atoms with Crippen molar-refractivity contribution in [3.05, 3.63) is 41.3 Å². The average molecular weight is 249 g/mol. The summed E-state index contributed by atoms with van der Waals surface area (Å²) in [5.74, 6) is 0.630. The summed E-state index contributed by atoms with van der Waals surface area (Å²) >= 11 is 5.73. The molecule has 17 heavy (non-hydrogen) atoms. The lowest BCUT2D eigenvalue weighted by atomic mass is 10.1. The summed E-state index contributed by atoms with van der Waals surface area (Å²) in [7, 11) is 1.56. The number of benzene rings is 1. The van der Waals surface area contributed by atoms with Crippen molar-refractivity contribution in [1.29, 1.82) is 0 Å². The van der Waals surface area contributed by atoms with Crippen molar-refractivity contribution >= 4 is 17.9 Å². The van der Waals surface area contributed by atoms with Gasteiger partial charge in [0.1, 0.15) is 12.0 Å². The number of carbonyl (C=O) groups excluding carboxylic acids is 1. The Morgan fingerprint density at radius 1 is 1.35 bits per heavy atom. The molecule has 1 aromatic heterocycles. The molecule has 0 atom stereocenters. The quantitative estimate of drug-likeness (QED) is 0.619. The third-order valence-corrected chi connectivity index (χ3v) is 2.44. The molecule has 0 amide bonds. The summed E-state index contributed by atoms with van der Waals surface area (Å²) in [5, 5.41) is 0.154. The normalized spacial score (nSPS) is 10.0. The lowest BCUT2D eigenvalue weighted by Crippen LogP contribution is -1.93. The van der Waals surface area contributed by atoms with E-state index in [2.05, 4.69) is 9.97 Å². The van der Waals surface area contributed by atoms with Crippen LogP contribution in [0, 0.1) is 0 Å². The number of carbonyl (C=O) groups is 1. The Hall–Kier alpha value is -1.94. The second kappa shape index (κ2) is 4.93. The van der Waals surface area contributed by atoms with Crippen molar-refractivity contribution in [2.75, 3.05) is 7.11 Å². The maximum Gasteiger partial charge on any atom is 0.222 e. The Morgan fingerprint density at radius 2 is 2.18 bits per heavy atom. The first-order valence-electron chi connectivity index (χ1n) is 4.86. The van der Waals surface area contributed by atoms with Gasteiger partial charge in [-0.15, -0.1) is 0 Å². The molecule has 1 heterocycles. The Bertz CT molecular complexity index is 558. The maximum absolute atomic E-state index is 10.8. The van der Waals surface area contributed by atoms with Gasteiger partial charge >= 0.3 is 0 Å². The highest BCUT2D eigenvalue weighted by Gasteiger charge is 2.09. The van der Waals surface area contributed by atoms with Gasteiger partial charge in [0.15, 0.2) is 0 Å². The first-order valence-corrected chi connectivity index (χ1v) is 5.24. The highest BCUT2D eigenvalue weighted by molar-refractivity contribution is 6.28. The number of nitrogens with zero attached hydrogens (tertiary/aromatic N) is 2. The fourth-order valence-corrected chi connectivity index (χ4v) is 1.63. The third kappa shape index (κ3) is 2.42. The van der Waals surface area contributed by atoms with Crippen molar-refractivity contribution in [2.45, 2.75) is 0 Å². The summed E-state index contributed by atoms with van der Waals surface area (Å²) in [6.07, 6.45) is 2.32. The zero-order valence-corrected chi connectivity index (χ0v) is 9.81. The molecule has 0 bridgehead atoms. The van der Waals surface area contributed by atoms with Gasteiger partial charge in [-0.2, -0.15) is 0 Å². The summed E-state index contributed by atoms with van der Waals surface area (Å²) in [5.41, 5.74) is 1.88. The van der Waals surface area contributed by atoms with Crippen molar-refractivity contribution in [1.82, 2.24) is 9.97 Å². The number of rotatable bonds is 3. The fourth-order valence-electron chi connectivity index (χ4n) is 1.48. The van der Waals surface area contributed by atoms with E-state index in [0.717, 1.165) is 6.29 Å². The zero-order valence-electron chi connectivity index (χ0n) is 9.05. The van der Waals surface area contributed by atoms with E-state index in [1.54, 1.807) is 37.6 Å². The minimum Gasteiger partial charge on any atom is -0.496 e. The lowest BCUT2D eigenvalue weighted by molar-refractivity contribution is 0.112. The standard InChI is InChI=1S/C12H9ClN2O2/c1-17-11-3-2-8(7-16)6-9(11)10-4-5-14-12(13)15-10/h2-7H,1H3. The molecule has 0 aliphatic carbocycles. The number of aldehydes is 1. The lowest BCUT2D eigenvalue weighted by Gasteiger charge is -2.08. The summed E-state index contributed by atoms with van der Waals surface area (Å²) < 4.78 is 5.22. The Kier molecular flexibility index (Phi) is 3.35. The van der Waals surface area contributed by atoms with Gasteiger partial charge in [-0.3, -0.25) is 4.79 Å². The number of aromatic nitrogens is 2. The van der Waals surface area contributed by atoms with E-state index in [1.807, 2.05) is 0 Å². The molecule has 0 aliphatic heterocycles. The molecule has 0 radical (unpaired) electrons. The molecule has 86 valence electrons. The van der Waals surface area contributed by atoms with Gasteiger partial charge in [-0.05, 0) is 35.9 Å². The second-order valence-electron chi connectivity index (χ2n) is 3.29. The highest BCUT2D eigenvalue weighted by atomic mass is 35.5. The van der Waals surface area contributed by atoms with E-state index in [9.17, 15) is 4.79 Å². The molecule has 1 aromatic carbocycles. The van der Waals surface area contributed by atoms with Crippen LogP contribution in [-0.2, 0) is 0 Å². The number of ether oxygens (including phenoxy) is 1. The zero-order chi connectivity index (χ0) is 12.3. The summed E-state index contributed by atoms with van der Waals surface area (Å²) in [6.45, 7) is 0. The number of hydrogen-bond acceptors (Lipinski definition) is 4. The first kappa shape index (κ1) is 11.5. The van der Waals surface area contributed by atoms with Crippen LogP contribution in [0.1, 0.15) is 10.4 Å². The van der Waals surface area contributed by atoms with Crippen LogP contribution in [-0.4, -0.2) is 23.4 Å². The van der Waals surface area contributed by atoms with Gasteiger partial charge < -0.3 is 4.74 Å². The van der Waals surface area contributed by atoms with Crippen molar-refractivity contribution in [2.24, 2.45) is 0 Å². The molecule has 0 saturated heterocycles. The molecular formula is C12H9ClN2O2. The Morgan fingerprint density at radius 3 is 2.82 bits per heavy atom. The van der Waals surface area contributed by atoms with E-state index >= 15 is 0 Å². The third-order valence-electron chi connectivity index (χ3n) is 2.26. The van der Waals surface area contributed by atoms with Crippen LogP contribution in [0.3, 0.4) is 0 Å². The topological polar surface area (TPSA) is 52.1 Å². The number of methoxy groups -OCH3 is 1. The van der Waals surface area contributed by atoms with Gasteiger partial charge in [0.05, 0.1) is 12.8 Å². The van der Waals surface area contributed by atoms with Crippen molar-refractivity contribution < 1.29 is 9.53 Å². The van der Waals surface area contributed by atoms with E-state index in [1.165, 1.54) is 0 Å². The van der Waals surface area contributed by atoms with Gasteiger partial charge in [0.25, 0.3) is 0 Å². The maximum atomic E-state index is 10.8. The molecule has 2 rings (SSSR count). The largest absolute Gasteiger partial charge is 0.496 e. The molecule has 2 aromatic rings. The Balaban J connectivity index is 2.59. The molecular weight excluding hydrogens is 240 g/mol. The summed E-state index contributed by atoms with van der Waals surface area (Å²) in [4.78, 5) is 18.7. The molecule has 0 unspecified atom stereocenters. The molecule has 0 fully saturated rings. The van der Waals surface area contributed by atoms with Gasteiger partial charge in [-0.25, -0.2) is 9.97 Å². The molecule has 0 aliphatic rings. The number of hydrogen-bond donors (Lipinski definition) is 0. The second-order valence-corrected chi connectivity index (χ2v) is 3.63. The van der Waals surface area contributed by atoms with E-state index < -0.39 is 0 Å². The first-order chi connectivity index (χ1) is 8.24. The van der Waals surface area contributed by atoms with Crippen molar-refractivity contribution in [3.63, 3.8) is 0 Å². The van der Waals surface area contributed by atoms with Crippen LogP contribution >= 0.6 is 11.6 Å². The van der Waals surface area contributed by atoms with Gasteiger partial charge in [0.2, 0.25) is 5.28 Å². The predicted octanol–water partition coefficient (Wildman–Crippen LogP) is 2.62. The smallest absolute Gasteiger partial charge is 0.222 e. The van der Waals surface area contributed by atoms with E-state index in [0.29, 0.717) is 22.6 Å². The average Bonchev–Trinajstić information content (AvgIpc) is 2.38. The molecule has 0 N–H and O–H groups in total. The molecule has 5 heteroatoms. The minimum absolute atomic E-state index is 0.154. The van der Waals surface area contributed by atoms with Crippen molar-refractivity contribution in [3.8, 4) is 17.0 Å². The molecule has 0 spiro atoms. The van der Waals surface area contributed by atoms with E-state index in [-0.39, 0.29) is 5.28 Å². The van der Waals surface area contributed by atoms with Crippen LogP contribution in [0.2, 0.25) is 5.28 Å². The van der Waals surface area contributed by atoms with Crippen LogP contribution in [0.25, 0.3) is 11.3 Å². The number of halogens is 1. The van der Waals surface area contributed by atoms with Gasteiger partial charge in [0, 0.05) is 17.3 Å². The molecule has 4 nitrogen and oxygen atoms in total. The minimum atomic E-state index is 0.154.